The van der Waals surface area contributed by atoms with Gasteiger partial charge < -0.3 is 15.6 Å². The van der Waals surface area contributed by atoms with E-state index in [-0.39, 0.29) is 5.69 Å². The predicted molar refractivity (Wildman–Crippen MR) is 124 cm³/mol. The van der Waals surface area contributed by atoms with Gasteiger partial charge in [-0.15, -0.1) is 0 Å². The summed E-state index contributed by atoms with van der Waals surface area (Å²) in [4.78, 5) is 33.1. The molecule has 0 aliphatic heterocycles. The fraction of sp³-hybridized carbons (Fsp3) is 0.0417. The van der Waals surface area contributed by atoms with Gasteiger partial charge in [-0.05, 0) is 55.0 Å². The summed E-state index contributed by atoms with van der Waals surface area (Å²) in [6, 6.07) is 15.0. The van der Waals surface area contributed by atoms with Crippen LogP contribution in [0.4, 0.5) is 21.6 Å². The minimum absolute atomic E-state index is 0.123. The molecule has 5 aromatic rings. The number of para-hydroxylation sites is 1. The first-order valence-corrected chi connectivity index (χ1v) is 10.1. The Balaban J connectivity index is 1.48. The minimum atomic E-state index is -0.496. The number of imidazole rings is 1. The van der Waals surface area contributed by atoms with Crippen LogP contribution in [0.2, 0.25) is 0 Å². The molecule has 0 saturated carbocycles. The zero-order valence-electron chi connectivity index (χ0n) is 17.5. The van der Waals surface area contributed by atoms with Gasteiger partial charge in [0.05, 0.1) is 12.0 Å². The van der Waals surface area contributed by atoms with Crippen molar-refractivity contribution < 1.29 is 9.18 Å². The Bertz CT molecular complexity index is 1480. The van der Waals surface area contributed by atoms with Crippen molar-refractivity contribution in [3.63, 3.8) is 0 Å². The molecule has 5 rings (SSSR count). The number of aromatic nitrogens is 5. The third-order valence-corrected chi connectivity index (χ3v) is 5.00. The first kappa shape index (κ1) is 20.3. The van der Waals surface area contributed by atoms with E-state index in [4.69, 9.17) is 0 Å². The monoisotopic (exact) mass is 439 g/mol. The lowest BCUT2D eigenvalue weighted by atomic mass is 10.1. The van der Waals surface area contributed by atoms with Gasteiger partial charge in [0.2, 0.25) is 0 Å². The molecule has 3 heterocycles. The van der Waals surface area contributed by atoms with Gasteiger partial charge >= 0.3 is 0 Å². The molecular formula is C24H18FN7O. The Hall–Kier alpha value is -4.66. The Kier molecular flexibility index (Phi) is 5.19. The normalized spacial score (nSPS) is 10.8. The van der Waals surface area contributed by atoms with Gasteiger partial charge in [-0.2, -0.15) is 0 Å². The van der Waals surface area contributed by atoms with Crippen LogP contribution in [0.5, 0.6) is 0 Å². The maximum atomic E-state index is 14.0. The van der Waals surface area contributed by atoms with Gasteiger partial charge in [-0.3, -0.25) is 4.79 Å². The summed E-state index contributed by atoms with van der Waals surface area (Å²) in [5.41, 5.74) is 4.62. The molecule has 1 amide bonds. The van der Waals surface area contributed by atoms with Gasteiger partial charge in [-0.1, -0.05) is 12.1 Å². The number of fused-ring (bicyclic) bond motifs is 1. The average Bonchev–Trinajstić information content (AvgIpc) is 3.30. The van der Waals surface area contributed by atoms with E-state index in [0.29, 0.717) is 33.9 Å². The lowest BCUT2D eigenvalue weighted by molar-refractivity contribution is 0.102. The van der Waals surface area contributed by atoms with Crippen LogP contribution >= 0.6 is 0 Å². The van der Waals surface area contributed by atoms with Crippen LogP contribution in [0, 0.1) is 12.7 Å². The van der Waals surface area contributed by atoms with Crippen LogP contribution in [0.25, 0.3) is 22.4 Å². The van der Waals surface area contributed by atoms with Crippen molar-refractivity contribution in [2.24, 2.45) is 0 Å². The van der Waals surface area contributed by atoms with Gasteiger partial charge in [0, 0.05) is 23.0 Å². The highest BCUT2D eigenvalue weighted by molar-refractivity contribution is 6.05. The molecule has 3 aromatic heterocycles. The van der Waals surface area contributed by atoms with Crippen molar-refractivity contribution in [3.05, 3.63) is 90.4 Å². The minimum Gasteiger partial charge on any atom is -0.340 e. The maximum absolute atomic E-state index is 14.0. The van der Waals surface area contributed by atoms with Gasteiger partial charge in [0.25, 0.3) is 5.91 Å². The molecule has 2 aromatic carbocycles. The number of nitrogens with zero attached hydrogens (tertiary/aromatic N) is 4. The van der Waals surface area contributed by atoms with E-state index >= 15 is 0 Å². The highest BCUT2D eigenvalue weighted by Crippen LogP contribution is 2.31. The second-order valence-corrected chi connectivity index (χ2v) is 7.37. The standard InChI is InChI=1S/C24H18FN7O/c1-14-9-15(24(33)32-19-7-3-2-6-18(19)25)11-16(10-14)31-22-17(5-4-8-26-22)20-21-23(29-12-27-20)30-13-28-21/h2-13H,1H3,(H,26,31)(H,32,33)(H,27,28,29,30). The van der Waals surface area contributed by atoms with Crippen molar-refractivity contribution in [3.8, 4) is 11.3 Å². The van der Waals surface area contributed by atoms with E-state index in [1.807, 2.05) is 25.1 Å². The summed E-state index contributed by atoms with van der Waals surface area (Å²) in [6.45, 7) is 1.88. The topological polar surface area (TPSA) is 108 Å². The molecule has 0 aliphatic carbocycles. The summed E-state index contributed by atoms with van der Waals surface area (Å²) in [7, 11) is 0. The van der Waals surface area contributed by atoms with Gasteiger partial charge in [0.1, 0.15) is 29.2 Å². The lowest BCUT2D eigenvalue weighted by Crippen LogP contribution is -2.13. The van der Waals surface area contributed by atoms with Crippen LogP contribution in [-0.2, 0) is 0 Å². The Morgan fingerprint density at radius 2 is 1.88 bits per heavy atom. The molecule has 0 radical (unpaired) electrons. The number of rotatable bonds is 5. The van der Waals surface area contributed by atoms with E-state index < -0.39 is 11.7 Å². The number of aromatic amines is 1. The third-order valence-electron chi connectivity index (χ3n) is 5.00. The molecule has 0 aliphatic rings. The molecule has 3 N–H and O–H groups in total. The zero-order valence-corrected chi connectivity index (χ0v) is 17.5. The number of benzene rings is 2. The summed E-state index contributed by atoms with van der Waals surface area (Å²) >= 11 is 0. The van der Waals surface area contributed by atoms with Crippen LogP contribution in [-0.4, -0.2) is 30.8 Å². The van der Waals surface area contributed by atoms with Crippen molar-refractivity contribution >= 4 is 34.3 Å². The molecule has 0 saturated heterocycles. The van der Waals surface area contributed by atoms with E-state index in [0.717, 1.165) is 11.1 Å². The number of pyridine rings is 1. The number of H-pyrrole nitrogens is 1. The van der Waals surface area contributed by atoms with Crippen molar-refractivity contribution in [1.82, 2.24) is 24.9 Å². The number of carbonyl (C=O) groups excluding carboxylic acids is 1. The molecule has 0 unspecified atom stereocenters. The fourth-order valence-electron chi connectivity index (χ4n) is 3.54. The number of anilines is 3. The first-order valence-electron chi connectivity index (χ1n) is 10.1. The number of carbonyl (C=O) groups is 1. The highest BCUT2D eigenvalue weighted by Gasteiger charge is 2.15. The molecule has 9 heteroatoms. The van der Waals surface area contributed by atoms with Crippen molar-refractivity contribution in [1.29, 1.82) is 0 Å². The summed E-state index contributed by atoms with van der Waals surface area (Å²) < 4.78 is 14.0. The van der Waals surface area contributed by atoms with Crippen LogP contribution < -0.4 is 10.6 Å². The maximum Gasteiger partial charge on any atom is 0.255 e. The molecular weight excluding hydrogens is 421 g/mol. The van der Waals surface area contributed by atoms with Crippen LogP contribution in [0.3, 0.4) is 0 Å². The van der Waals surface area contributed by atoms with Crippen LogP contribution in [0.1, 0.15) is 15.9 Å². The number of halogens is 1. The van der Waals surface area contributed by atoms with E-state index in [1.165, 1.54) is 18.5 Å². The third kappa shape index (κ3) is 4.11. The zero-order chi connectivity index (χ0) is 22.8. The summed E-state index contributed by atoms with van der Waals surface area (Å²) in [5.74, 6) is -0.363. The molecule has 162 valence electrons. The molecule has 8 nitrogen and oxygen atoms in total. The Labute approximate surface area is 188 Å². The van der Waals surface area contributed by atoms with Gasteiger partial charge in [0.15, 0.2) is 5.65 Å². The Morgan fingerprint density at radius 1 is 1.00 bits per heavy atom. The molecule has 0 spiro atoms. The lowest BCUT2D eigenvalue weighted by Gasteiger charge is -2.13. The predicted octanol–water partition coefficient (Wildman–Crippen LogP) is 4.86. The second kappa shape index (κ2) is 8.46. The van der Waals surface area contributed by atoms with E-state index in [1.54, 1.807) is 36.8 Å². The summed E-state index contributed by atoms with van der Waals surface area (Å²) in [6.07, 6.45) is 4.69. The SMILES string of the molecule is Cc1cc(Nc2ncccc2-c2ncnc3[nH]cnc23)cc(C(=O)Nc2ccccc2F)c1. The van der Waals surface area contributed by atoms with Crippen molar-refractivity contribution in [2.75, 3.05) is 10.6 Å². The molecule has 0 bridgehead atoms. The highest BCUT2D eigenvalue weighted by atomic mass is 19.1. The first-order chi connectivity index (χ1) is 16.1. The fourth-order valence-corrected chi connectivity index (χ4v) is 3.54. The van der Waals surface area contributed by atoms with Crippen molar-refractivity contribution in [2.45, 2.75) is 6.92 Å². The number of aryl methyl sites for hydroxylation is 1. The number of nitrogens with one attached hydrogen (secondary N) is 3. The van der Waals surface area contributed by atoms with E-state index in [9.17, 15) is 9.18 Å². The average molecular weight is 439 g/mol. The molecule has 0 atom stereocenters. The largest absolute Gasteiger partial charge is 0.340 e. The molecule has 33 heavy (non-hydrogen) atoms. The quantitative estimate of drug-likeness (QED) is 0.361. The number of amides is 1. The summed E-state index contributed by atoms with van der Waals surface area (Å²) in [5, 5.41) is 5.89. The number of hydrogen-bond acceptors (Lipinski definition) is 6. The van der Waals surface area contributed by atoms with Gasteiger partial charge in [-0.25, -0.2) is 24.3 Å². The molecule has 0 fully saturated rings. The van der Waals surface area contributed by atoms with E-state index in [2.05, 4.69) is 35.6 Å². The number of hydrogen-bond donors (Lipinski definition) is 3. The smallest absolute Gasteiger partial charge is 0.255 e. The second-order valence-electron chi connectivity index (χ2n) is 7.37. The van der Waals surface area contributed by atoms with Crippen LogP contribution in [0.15, 0.2) is 73.4 Å². The Morgan fingerprint density at radius 3 is 2.76 bits per heavy atom.